The molecule has 0 radical (unpaired) electrons. The molecule has 0 amide bonds. The van der Waals surface area contributed by atoms with Crippen LogP contribution in [0.1, 0.15) is 70.2 Å². The molecule has 0 unspecified atom stereocenters. The average Bonchev–Trinajstić information content (AvgIpc) is 2.76. The molecule has 3 aromatic carbocycles. The highest BCUT2D eigenvalue weighted by molar-refractivity contribution is 5.99. The van der Waals surface area contributed by atoms with Crippen molar-refractivity contribution in [3.8, 4) is 0 Å². The zero-order chi connectivity index (χ0) is 19.4. The largest absolute Gasteiger partial charge is 0.411 e. The van der Waals surface area contributed by atoms with E-state index in [1.54, 1.807) is 0 Å². The van der Waals surface area contributed by atoms with Crippen molar-refractivity contribution in [2.45, 2.75) is 25.7 Å². The highest BCUT2D eigenvalue weighted by Crippen LogP contribution is 2.55. The zero-order valence-electron chi connectivity index (χ0n) is 15.7. The predicted octanol–water partition coefficient (Wildman–Crippen LogP) is 5.07. The Morgan fingerprint density at radius 3 is 1.39 bits per heavy atom. The van der Waals surface area contributed by atoms with E-state index in [9.17, 15) is 10.4 Å². The van der Waals surface area contributed by atoms with Crippen LogP contribution in [0.25, 0.3) is 0 Å². The van der Waals surface area contributed by atoms with Crippen LogP contribution in [0.15, 0.2) is 71.0 Å². The monoisotopic (exact) mass is 368 g/mol. The van der Waals surface area contributed by atoms with E-state index >= 15 is 0 Å². The van der Waals surface area contributed by atoms with Crippen molar-refractivity contribution in [1.29, 1.82) is 0 Å². The molecule has 2 atom stereocenters. The molecule has 0 fully saturated rings. The fourth-order valence-electron chi connectivity index (χ4n) is 4.78. The number of rotatable bonds is 2. The van der Waals surface area contributed by atoms with Crippen molar-refractivity contribution in [1.82, 2.24) is 0 Å². The molecular weight excluding hydrogens is 348 g/mol. The van der Waals surface area contributed by atoms with Crippen molar-refractivity contribution < 1.29 is 10.4 Å². The third-order valence-corrected chi connectivity index (χ3v) is 6.17. The minimum Gasteiger partial charge on any atom is -0.411 e. The second-order valence-corrected chi connectivity index (χ2v) is 7.55. The van der Waals surface area contributed by atoms with Crippen LogP contribution < -0.4 is 0 Å². The first-order valence-electron chi connectivity index (χ1n) is 9.38. The Balaban J connectivity index is 1.79. The van der Waals surface area contributed by atoms with Crippen molar-refractivity contribution in [2.75, 3.05) is 0 Å². The summed E-state index contributed by atoms with van der Waals surface area (Å²) in [5, 5.41) is 25.2. The lowest BCUT2D eigenvalue weighted by Crippen LogP contribution is -2.28. The third-order valence-electron chi connectivity index (χ3n) is 6.17. The summed E-state index contributed by atoms with van der Waals surface area (Å²) in [5.74, 6) is 0.302. The molecule has 3 aliphatic rings. The minimum absolute atomic E-state index is 0.151. The maximum Gasteiger partial charge on any atom is 0.0837 e. The Hall–Kier alpha value is -3.40. The molecular formula is C24H20N2O2. The van der Waals surface area contributed by atoms with Crippen LogP contribution in [-0.2, 0) is 0 Å². The first kappa shape index (κ1) is 16.8. The first-order valence-corrected chi connectivity index (χ1v) is 9.38. The molecule has 0 saturated carbocycles. The Morgan fingerprint density at radius 1 is 0.607 bits per heavy atom. The number of benzene rings is 3. The van der Waals surface area contributed by atoms with Crippen LogP contribution in [0.4, 0.5) is 0 Å². The highest BCUT2D eigenvalue weighted by Gasteiger charge is 2.41. The number of nitrogens with zero attached hydrogens (tertiary/aromatic N) is 2. The summed E-state index contributed by atoms with van der Waals surface area (Å²) in [6.45, 7) is 3.63. The molecule has 0 saturated heterocycles. The van der Waals surface area contributed by atoms with Gasteiger partial charge in [0, 0.05) is 11.8 Å². The number of hydrogen-bond acceptors (Lipinski definition) is 4. The van der Waals surface area contributed by atoms with Crippen LogP contribution in [0, 0.1) is 0 Å². The summed E-state index contributed by atoms with van der Waals surface area (Å²) in [6.07, 6.45) is 0. The Bertz CT molecular complexity index is 1080. The van der Waals surface area contributed by atoms with E-state index in [-0.39, 0.29) is 11.8 Å². The van der Waals surface area contributed by atoms with E-state index in [0.29, 0.717) is 11.4 Å². The molecule has 138 valence electrons. The summed E-state index contributed by atoms with van der Waals surface area (Å²) in [5.41, 5.74) is 10.9. The Morgan fingerprint density at radius 2 is 1.00 bits per heavy atom. The van der Waals surface area contributed by atoms with E-state index in [0.717, 1.165) is 11.1 Å². The van der Waals surface area contributed by atoms with Gasteiger partial charge in [-0.15, -0.1) is 0 Å². The third kappa shape index (κ3) is 2.18. The van der Waals surface area contributed by atoms with Crippen LogP contribution in [0.3, 0.4) is 0 Å². The van der Waals surface area contributed by atoms with E-state index in [2.05, 4.69) is 58.8 Å². The molecule has 0 aromatic heterocycles. The molecule has 0 spiro atoms. The summed E-state index contributed by atoms with van der Waals surface area (Å²) < 4.78 is 0. The van der Waals surface area contributed by atoms with Crippen molar-refractivity contribution in [3.05, 3.63) is 105 Å². The lowest BCUT2D eigenvalue weighted by molar-refractivity contribution is 0.319. The van der Waals surface area contributed by atoms with Gasteiger partial charge in [0.15, 0.2) is 0 Å². The SMILES string of the molecule is C/C(=N\O)c1ccc2c(c1)[C@@H]1c3ccccc3[C@H]2c2cc(/C(C)=N/O)ccc21. The van der Waals surface area contributed by atoms with Crippen molar-refractivity contribution in [3.63, 3.8) is 0 Å². The minimum atomic E-state index is 0.151. The van der Waals surface area contributed by atoms with Gasteiger partial charge < -0.3 is 10.4 Å². The zero-order valence-corrected chi connectivity index (χ0v) is 15.7. The summed E-state index contributed by atoms with van der Waals surface area (Å²) in [6, 6.07) is 21.3. The molecule has 3 aliphatic carbocycles. The van der Waals surface area contributed by atoms with E-state index in [1.165, 1.54) is 33.4 Å². The lowest BCUT2D eigenvalue weighted by atomic mass is 9.60. The number of oxime groups is 2. The van der Waals surface area contributed by atoms with Gasteiger partial charge in [-0.1, -0.05) is 58.8 Å². The molecule has 2 bridgehead atoms. The van der Waals surface area contributed by atoms with Gasteiger partial charge in [0.1, 0.15) is 0 Å². The molecule has 0 aliphatic heterocycles. The second-order valence-electron chi connectivity index (χ2n) is 7.55. The van der Waals surface area contributed by atoms with Crippen LogP contribution in [-0.4, -0.2) is 21.8 Å². The fraction of sp³-hybridized carbons (Fsp3) is 0.167. The van der Waals surface area contributed by atoms with Gasteiger partial charge in [-0.2, -0.15) is 0 Å². The predicted molar refractivity (Wildman–Crippen MR) is 109 cm³/mol. The lowest BCUT2D eigenvalue weighted by Gasteiger charge is -2.42. The Labute approximate surface area is 163 Å². The van der Waals surface area contributed by atoms with Crippen molar-refractivity contribution >= 4 is 11.4 Å². The maximum atomic E-state index is 9.20. The van der Waals surface area contributed by atoms with Crippen LogP contribution in [0.2, 0.25) is 0 Å². The van der Waals surface area contributed by atoms with E-state index in [4.69, 9.17) is 0 Å². The molecule has 2 N–H and O–H groups in total. The highest BCUT2D eigenvalue weighted by atomic mass is 16.4. The van der Waals surface area contributed by atoms with Crippen LogP contribution in [0.5, 0.6) is 0 Å². The van der Waals surface area contributed by atoms with Gasteiger partial charge in [-0.25, -0.2) is 0 Å². The van der Waals surface area contributed by atoms with E-state index in [1.807, 2.05) is 26.0 Å². The Kier molecular flexibility index (Phi) is 3.63. The molecule has 3 aromatic rings. The van der Waals surface area contributed by atoms with Gasteiger partial charge in [0.05, 0.1) is 11.4 Å². The fourth-order valence-corrected chi connectivity index (χ4v) is 4.78. The molecule has 4 heteroatoms. The molecule has 0 heterocycles. The van der Waals surface area contributed by atoms with Gasteiger partial charge in [0.2, 0.25) is 0 Å². The maximum absolute atomic E-state index is 9.20. The first-order chi connectivity index (χ1) is 13.6. The van der Waals surface area contributed by atoms with Gasteiger partial charge in [-0.05, 0) is 70.5 Å². The van der Waals surface area contributed by atoms with Crippen molar-refractivity contribution in [2.24, 2.45) is 10.3 Å². The smallest absolute Gasteiger partial charge is 0.0837 e. The molecule has 28 heavy (non-hydrogen) atoms. The van der Waals surface area contributed by atoms with Crippen LogP contribution >= 0.6 is 0 Å². The topological polar surface area (TPSA) is 65.2 Å². The normalized spacial score (nSPS) is 19.8. The summed E-state index contributed by atoms with van der Waals surface area (Å²) >= 11 is 0. The van der Waals surface area contributed by atoms with E-state index < -0.39 is 0 Å². The quantitative estimate of drug-likeness (QED) is 0.259. The summed E-state index contributed by atoms with van der Waals surface area (Å²) in [7, 11) is 0. The second kappa shape index (κ2) is 6.06. The van der Waals surface area contributed by atoms with Gasteiger partial charge in [0.25, 0.3) is 0 Å². The average molecular weight is 368 g/mol. The molecule has 4 nitrogen and oxygen atoms in total. The van der Waals surface area contributed by atoms with Gasteiger partial charge >= 0.3 is 0 Å². The number of hydrogen-bond donors (Lipinski definition) is 2. The summed E-state index contributed by atoms with van der Waals surface area (Å²) in [4.78, 5) is 0. The van der Waals surface area contributed by atoms with Gasteiger partial charge in [-0.3, -0.25) is 0 Å². The standard InChI is InChI=1S/C24H20N2O2/c1-13(25-27)15-7-9-19-21(11-15)23-17-5-3-4-6-18(17)24(19)22-12-16(14(2)26-28)8-10-20(22)23/h3-12,23-24,27-28H,1-2H3/b25-13+,26-14+/t23-,24-/m1/s1. The molecule has 6 rings (SSSR count).